The highest BCUT2D eigenvalue weighted by Gasteiger charge is 2.05. The van der Waals surface area contributed by atoms with Gasteiger partial charge in [0.05, 0.1) is 17.1 Å². The third-order valence-corrected chi connectivity index (χ3v) is 3.24. The van der Waals surface area contributed by atoms with Gasteiger partial charge in [-0.3, -0.25) is 4.98 Å². The second kappa shape index (κ2) is 4.72. The lowest BCUT2D eigenvalue weighted by Crippen LogP contribution is -1.85. The molecular formula is C16H9ClN2. The summed E-state index contributed by atoms with van der Waals surface area (Å²) < 4.78 is 0. The van der Waals surface area contributed by atoms with Gasteiger partial charge in [0.1, 0.15) is 0 Å². The van der Waals surface area contributed by atoms with E-state index in [-0.39, 0.29) is 0 Å². The van der Waals surface area contributed by atoms with Gasteiger partial charge in [-0.15, -0.1) is 0 Å². The van der Waals surface area contributed by atoms with Crippen LogP contribution in [0.5, 0.6) is 0 Å². The van der Waals surface area contributed by atoms with Crippen LogP contribution in [0.3, 0.4) is 0 Å². The highest BCUT2D eigenvalue weighted by molar-refractivity contribution is 6.31. The van der Waals surface area contributed by atoms with E-state index in [0.29, 0.717) is 10.6 Å². The Hall–Kier alpha value is -2.37. The number of nitriles is 1. The molecule has 0 spiro atoms. The van der Waals surface area contributed by atoms with Gasteiger partial charge in [0.25, 0.3) is 0 Å². The molecule has 0 radical (unpaired) electrons. The topological polar surface area (TPSA) is 36.7 Å². The van der Waals surface area contributed by atoms with Crippen molar-refractivity contribution >= 4 is 22.5 Å². The van der Waals surface area contributed by atoms with Crippen molar-refractivity contribution < 1.29 is 0 Å². The average Bonchev–Trinajstić information content (AvgIpc) is 2.46. The molecular weight excluding hydrogens is 256 g/mol. The molecule has 1 heterocycles. The first-order chi connectivity index (χ1) is 9.28. The fourth-order valence-corrected chi connectivity index (χ4v) is 2.30. The van der Waals surface area contributed by atoms with Gasteiger partial charge in [0.2, 0.25) is 0 Å². The van der Waals surface area contributed by atoms with Crippen LogP contribution >= 0.6 is 11.6 Å². The van der Waals surface area contributed by atoms with E-state index >= 15 is 0 Å². The van der Waals surface area contributed by atoms with E-state index in [4.69, 9.17) is 16.9 Å². The van der Waals surface area contributed by atoms with Gasteiger partial charge in [0.15, 0.2) is 0 Å². The number of fused-ring (bicyclic) bond motifs is 1. The Bertz CT molecular complexity index is 803. The molecule has 0 amide bonds. The zero-order chi connectivity index (χ0) is 13.2. The van der Waals surface area contributed by atoms with Crippen LogP contribution in [0.4, 0.5) is 0 Å². The van der Waals surface area contributed by atoms with Gasteiger partial charge in [-0.2, -0.15) is 5.26 Å². The van der Waals surface area contributed by atoms with Crippen LogP contribution in [0.15, 0.2) is 54.7 Å². The third-order valence-electron chi connectivity index (χ3n) is 3.01. The largest absolute Gasteiger partial charge is 0.256 e. The summed E-state index contributed by atoms with van der Waals surface area (Å²) in [5.41, 5.74) is 3.57. The molecule has 3 rings (SSSR count). The molecule has 90 valence electrons. The lowest BCUT2D eigenvalue weighted by molar-refractivity contribution is 1.41. The predicted octanol–water partition coefficient (Wildman–Crippen LogP) is 4.43. The van der Waals surface area contributed by atoms with Gasteiger partial charge in [-0.25, -0.2) is 0 Å². The second-order valence-electron chi connectivity index (χ2n) is 4.21. The number of hydrogen-bond acceptors (Lipinski definition) is 2. The lowest BCUT2D eigenvalue weighted by atomic mass is 10.00. The van der Waals surface area contributed by atoms with Crippen LogP contribution in [0.25, 0.3) is 22.0 Å². The van der Waals surface area contributed by atoms with Gasteiger partial charge < -0.3 is 0 Å². The minimum atomic E-state index is 0.649. The minimum Gasteiger partial charge on any atom is -0.256 e. The highest BCUT2D eigenvalue weighted by atomic mass is 35.5. The van der Waals surface area contributed by atoms with Crippen LogP contribution in [0.1, 0.15) is 5.56 Å². The van der Waals surface area contributed by atoms with Crippen LogP contribution in [-0.4, -0.2) is 4.98 Å². The summed E-state index contributed by atoms with van der Waals surface area (Å²) in [6.45, 7) is 0. The smallest absolute Gasteiger partial charge is 0.0991 e. The van der Waals surface area contributed by atoms with Crippen molar-refractivity contribution in [2.45, 2.75) is 0 Å². The maximum Gasteiger partial charge on any atom is 0.0991 e. The van der Waals surface area contributed by atoms with Crippen LogP contribution in [0, 0.1) is 11.3 Å². The fraction of sp³-hybridized carbons (Fsp3) is 0. The summed E-state index contributed by atoms with van der Waals surface area (Å²) >= 11 is 5.98. The highest BCUT2D eigenvalue weighted by Crippen LogP contribution is 2.29. The zero-order valence-corrected chi connectivity index (χ0v) is 10.7. The van der Waals surface area contributed by atoms with E-state index in [9.17, 15) is 0 Å². The Kier molecular flexibility index (Phi) is 2.91. The van der Waals surface area contributed by atoms with E-state index < -0.39 is 0 Å². The van der Waals surface area contributed by atoms with Crippen molar-refractivity contribution in [3.8, 4) is 17.2 Å². The summed E-state index contributed by atoms with van der Waals surface area (Å²) in [6.07, 6.45) is 1.76. The standard InChI is InChI=1S/C16H9ClN2/c17-13-4-5-15-14(6-7-19-16(15)9-13)12-3-1-2-11(8-12)10-18/h1-9H. The molecule has 0 fully saturated rings. The Morgan fingerprint density at radius 2 is 1.95 bits per heavy atom. The van der Waals surface area contributed by atoms with E-state index in [1.54, 1.807) is 12.3 Å². The van der Waals surface area contributed by atoms with Gasteiger partial charge >= 0.3 is 0 Å². The molecule has 0 bridgehead atoms. The van der Waals surface area contributed by atoms with Crippen molar-refractivity contribution in [3.63, 3.8) is 0 Å². The molecule has 0 unspecified atom stereocenters. The van der Waals surface area contributed by atoms with Gasteiger partial charge in [-0.1, -0.05) is 29.8 Å². The normalized spacial score (nSPS) is 10.3. The molecule has 3 aromatic rings. The van der Waals surface area contributed by atoms with Gasteiger partial charge in [0, 0.05) is 16.6 Å². The Labute approximate surface area is 115 Å². The Balaban J connectivity index is 2.28. The van der Waals surface area contributed by atoms with Crippen molar-refractivity contribution in [3.05, 3.63) is 65.3 Å². The number of nitrogens with zero attached hydrogens (tertiary/aromatic N) is 2. The molecule has 0 N–H and O–H groups in total. The monoisotopic (exact) mass is 264 g/mol. The predicted molar refractivity (Wildman–Crippen MR) is 76.9 cm³/mol. The van der Waals surface area contributed by atoms with E-state index in [0.717, 1.165) is 22.0 Å². The van der Waals surface area contributed by atoms with E-state index in [1.807, 2.05) is 42.5 Å². The van der Waals surface area contributed by atoms with Crippen molar-refractivity contribution in [2.24, 2.45) is 0 Å². The molecule has 0 saturated carbocycles. The second-order valence-corrected chi connectivity index (χ2v) is 4.65. The Morgan fingerprint density at radius 3 is 2.79 bits per heavy atom. The Morgan fingerprint density at radius 1 is 1.05 bits per heavy atom. The minimum absolute atomic E-state index is 0.649. The molecule has 2 aromatic carbocycles. The summed E-state index contributed by atoms with van der Waals surface area (Å²) in [4.78, 5) is 4.32. The SMILES string of the molecule is N#Cc1cccc(-c2ccnc3cc(Cl)ccc23)c1. The zero-order valence-electron chi connectivity index (χ0n) is 9.97. The molecule has 2 nitrogen and oxygen atoms in total. The summed E-state index contributed by atoms with van der Waals surface area (Å²) in [7, 11) is 0. The molecule has 0 saturated heterocycles. The fourth-order valence-electron chi connectivity index (χ4n) is 2.13. The first-order valence-corrected chi connectivity index (χ1v) is 6.20. The van der Waals surface area contributed by atoms with Crippen molar-refractivity contribution in [1.29, 1.82) is 5.26 Å². The van der Waals surface area contributed by atoms with Crippen LogP contribution < -0.4 is 0 Å². The first kappa shape index (κ1) is 11.7. The quantitative estimate of drug-likeness (QED) is 0.652. The number of aromatic nitrogens is 1. The summed E-state index contributed by atoms with van der Waals surface area (Å²) in [6, 6.07) is 17.3. The third kappa shape index (κ3) is 2.16. The lowest BCUT2D eigenvalue weighted by Gasteiger charge is -2.06. The van der Waals surface area contributed by atoms with Crippen LogP contribution in [-0.2, 0) is 0 Å². The van der Waals surface area contributed by atoms with E-state index in [2.05, 4.69) is 11.1 Å². The molecule has 3 heteroatoms. The molecule has 1 aromatic heterocycles. The van der Waals surface area contributed by atoms with Gasteiger partial charge in [-0.05, 0) is 41.5 Å². The number of benzene rings is 2. The molecule has 0 aliphatic rings. The maximum absolute atomic E-state index is 8.98. The van der Waals surface area contributed by atoms with Crippen molar-refractivity contribution in [2.75, 3.05) is 0 Å². The molecule has 0 aliphatic heterocycles. The molecule has 19 heavy (non-hydrogen) atoms. The number of rotatable bonds is 1. The maximum atomic E-state index is 8.98. The molecule has 0 atom stereocenters. The number of halogens is 1. The summed E-state index contributed by atoms with van der Waals surface area (Å²) in [5.74, 6) is 0. The first-order valence-electron chi connectivity index (χ1n) is 5.83. The average molecular weight is 265 g/mol. The summed E-state index contributed by atoms with van der Waals surface area (Å²) in [5, 5.41) is 10.7. The van der Waals surface area contributed by atoms with Crippen LogP contribution in [0.2, 0.25) is 5.02 Å². The molecule has 0 aliphatic carbocycles. The number of pyridine rings is 1. The van der Waals surface area contributed by atoms with E-state index in [1.165, 1.54) is 0 Å². The number of hydrogen-bond donors (Lipinski definition) is 0. The van der Waals surface area contributed by atoms with Crippen molar-refractivity contribution in [1.82, 2.24) is 4.98 Å².